The van der Waals surface area contributed by atoms with Crippen molar-refractivity contribution in [2.24, 2.45) is 5.73 Å². The second-order valence-corrected chi connectivity index (χ2v) is 1.57. The van der Waals surface area contributed by atoms with E-state index in [0.717, 1.165) is 0 Å². The Morgan fingerprint density at radius 3 is 2.71 bits per heavy atom. The van der Waals surface area contributed by atoms with Crippen molar-refractivity contribution < 1.29 is 10.2 Å². The van der Waals surface area contributed by atoms with E-state index >= 15 is 0 Å². The average molecular weight is 106 g/mol. The Labute approximate surface area is 44.3 Å². The van der Waals surface area contributed by atoms with Gasteiger partial charge < -0.3 is 15.9 Å². The van der Waals surface area contributed by atoms with Gasteiger partial charge in [-0.3, -0.25) is 0 Å². The van der Waals surface area contributed by atoms with Crippen LogP contribution >= 0.6 is 0 Å². The lowest BCUT2D eigenvalue weighted by atomic mass is 10.2. The number of aliphatic hydroxyl groups excluding tert-OH is 2. The van der Waals surface area contributed by atoms with Crippen molar-refractivity contribution in [3.05, 3.63) is 0 Å². The third kappa shape index (κ3) is 2.56. The average Bonchev–Trinajstić information content (AvgIpc) is 1.67. The zero-order chi connectivity index (χ0) is 6.57. The highest BCUT2D eigenvalue weighted by Gasteiger charge is 2.04. The lowest BCUT2D eigenvalue weighted by Gasteiger charge is -2.08. The minimum absolute atomic E-state index is 0.0810. The summed E-state index contributed by atoms with van der Waals surface area (Å²) < 4.78 is 6.24. The van der Waals surface area contributed by atoms with Gasteiger partial charge in [-0.05, 0) is 6.92 Å². The molecule has 0 rings (SSSR count). The SMILES string of the molecule is [2H]OC[C@H](N)[C@H](C)O. The fraction of sp³-hybridized carbons (Fsp3) is 1.00. The van der Waals surface area contributed by atoms with E-state index in [1.165, 1.54) is 0 Å². The Bertz CT molecular complexity index is 60.0. The third-order valence-electron chi connectivity index (χ3n) is 0.812. The first-order valence-electron chi connectivity index (χ1n) is 2.61. The molecule has 0 radical (unpaired) electrons. The van der Waals surface area contributed by atoms with E-state index in [4.69, 9.17) is 12.3 Å². The van der Waals surface area contributed by atoms with Gasteiger partial charge in [0.15, 0.2) is 0 Å². The molecule has 0 amide bonds. The standard InChI is InChI=1S/C4H11NO2/c1-3(7)4(5)2-6/h3-4,6-7H,2,5H2,1H3/t3-,4-/m0/s1/i6D. The summed E-state index contributed by atoms with van der Waals surface area (Å²) in [7, 11) is 0. The highest BCUT2D eigenvalue weighted by molar-refractivity contribution is 4.63. The molecule has 0 bridgehead atoms. The Hall–Kier alpha value is -0.120. The lowest BCUT2D eigenvalue weighted by Crippen LogP contribution is -2.35. The van der Waals surface area contributed by atoms with Gasteiger partial charge >= 0.3 is 0 Å². The zero-order valence-corrected chi connectivity index (χ0v) is 4.29. The van der Waals surface area contributed by atoms with E-state index in [1.807, 2.05) is 0 Å². The Morgan fingerprint density at radius 1 is 2.00 bits per heavy atom. The van der Waals surface area contributed by atoms with Crippen molar-refractivity contribution >= 4 is 0 Å². The predicted octanol–water partition coefficient (Wildman–Crippen LogP) is -1.31. The maximum Gasteiger partial charge on any atom is 0.210 e. The van der Waals surface area contributed by atoms with Crippen molar-refractivity contribution in [3.63, 3.8) is 0 Å². The van der Waals surface area contributed by atoms with Crippen LogP contribution in [0, 0.1) is 0 Å². The van der Waals surface area contributed by atoms with Gasteiger partial charge in [0.1, 0.15) is 0 Å². The molecule has 0 unspecified atom stereocenters. The maximum atomic E-state index is 8.66. The van der Waals surface area contributed by atoms with Gasteiger partial charge in [-0.2, -0.15) is 0 Å². The largest absolute Gasteiger partial charge is 0.395 e. The fourth-order valence-electron chi connectivity index (χ4n) is 0.139. The van der Waals surface area contributed by atoms with E-state index in [1.54, 1.807) is 6.92 Å². The normalized spacial score (nSPS) is 20.7. The second kappa shape index (κ2) is 2.96. The third-order valence-corrected chi connectivity index (χ3v) is 0.812. The quantitative estimate of drug-likeness (QED) is 0.418. The van der Waals surface area contributed by atoms with Gasteiger partial charge in [-0.15, -0.1) is 0 Å². The monoisotopic (exact) mass is 106 g/mol. The highest BCUT2D eigenvalue weighted by Crippen LogP contribution is 1.83. The van der Waals surface area contributed by atoms with Crippen LogP contribution in [0.4, 0.5) is 0 Å². The van der Waals surface area contributed by atoms with Gasteiger partial charge in [0, 0.05) is 0 Å². The van der Waals surface area contributed by atoms with Gasteiger partial charge in [0.05, 0.1) is 18.8 Å². The highest BCUT2D eigenvalue weighted by atomic mass is 16.3. The van der Waals surface area contributed by atoms with Crippen LogP contribution in [-0.4, -0.2) is 30.4 Å². The molecule has 0 aliphatic carbocycles. The molecule has 0 aromatic carbocycles. The van der Waals surface area contributed by atoms with Crippen LogP contribution in [0.5, 0.6) is 0 Å². The molecule has 3 nitrogen and oxygen atoms in total. The summed E-state index contributed by atoms with van der Waals surface area (Å²) in [5.74, 6) is 0. The molecule has 0 aromatic heterocycles. The Kier molecular flexibility index (Phi) is 2.12. The smallest absolute Gasteiger partial charge is 0.210 e. The summed E-state index contributed by atoms with van der Waals surface area (Å²) in [5, 5.41) is 12.6. The molecule has 0 spiro atoms. The minimum atomic E-state index is -0.597. The molecule has 0 saturated heterocycles. The van der Waals surface area contributed by atoms with Gasteiger partial charge in [0.2, 0.25) is 1.43 Å². The molecule has 0 saturated carbocycles. The number of aliphatic hydroxyl groups is 2. The molecule has 44 valence electrons. The van der Waals surface area contributed by atoms with Crippen molar-refractivity contribution in [1.82, 2.24) is 0 Å². The second-order valence-electron chi connectivity index (χ2n) is 1.57. The predicted molar refractivity (Wildman–Crippen MR) is 26.7 cm³/mol. The van der Waals surface area contributed by atoms with Crippen molar-refractivity contribution in [2.75, 3.05) is 6.61 Å². The van der Waals surface area contributed by atoms with Crippen molar-refractivity contribution in [2.45, 2.75) is 19.1 Å². The van der Waals surface area contributed by atoms with Gasteiger partial charge in [-0.25, -0.2) is 0 Å². The number of hydrogen-bond donors (Lipinski definition) is 3. The first kappa shape index (κ1) is 5.03. The first-order valence-corrected chi connectivity index (χ1v) is 2.20. The number of nitrogens with two attached hydrogens (primary N) is 1. The van der Waals surface area contributed by atoms with Crippen LogP contribution in [0.2, 0.25) is 0 Å². The lowest BCUT2D eigenvalue weighted by molar-refractivity contribution is 0.123. The molecule has 0 heterocycles. The Balaban J connectivity index is 3.17. The van der Waals surface area contributed by atoms with E-state index in [9.17, 15) is 0 Å². The van der Waals surface area contributed by atoms with Crippen LogP contribution in [0.15, 0.2) is 0 Å². The number of rotatable bonds is 3. The molecular formula is C4H11NO2. The molecular weight excluding hydrogens is 94.0 g/mol. The first-order chi connectivity index (χ1) is 3.68. The van der Waals surface area contributed by atoms with E-state index in [2.05, 4.69) is 5.11 Å². The fourth-order valence-corrected chi connectivity index (χ4v) is 0.139. The number of hydrogen-bond acceptors (Lipinski definition) is 3. The van der Waals surface area contributed by atoms with Gasteiger partial charge in [0.25, 0.3) is 0 Å². The van der Waals surface area contributed by atoms with Crippen LogP contribution in [0.25, 0.3) is 0 Å². The summed E-state index contributed by atoms with van der Waals surface area (Å²) in [6.07, 6.45) is -0.597. The summed E-state index contributed by atoms with van der Waals surface area (Å²) in [6.45, 7) is 1.64. The van der Waals surface area contributed by atoms with Crippen LogP contribution in [-0.2, 0) is 0 Å². The molecule has 0 aromatic rings. The minimum Gasteiger partial charge on any atom is -0.395 e. The van der Waals surface area contributed by atoms with Crippen molar-refractivity contribution in [1.29, 1.82) is 1.43 Å². The maximum absolute atomic E-state index is 8.66. The topological polar surface area (TPSA) is 66.5 Å². The summed E-state index contributed by atoms with van der Waals surface area (Å²) in [6, 6.07) is -0.438. The molecule has 0 fully saturated rings. The molecule has 2 atom stereocenters. The zero-order valence-electron chi connectivity index (χ0n) is 5.29. The van der Waals surface area contributed by atoms with Crippen LogP contribution in [0.3, 0.4) is 0 Å². The molecule has 4 N–H and O–H groups in total. The molecule has 3 heteroatoms. The van der Waals surface area contributed by atoms with E-state index in [0.29, 0.717) is 0 Å². The van der Waals surface area contributed by atoms with E-state index < -0.39 is 12.1 Å². The molecule has 7 heavy (non-hydrogen) atoms. The summed E-state index contributed by atoms with van der Waals surface area (Å²) in [4.78, 5) is 0. The van der Waals surface area contributed by atoms with E-state index in [-0.39, 0.29) is 6.61 Å². The summed E-state index contributed by atoms with van der Waals surface area (Å²) >= 11 is 0. The molecule has 0 aliphatic rings. The Morgan fingerprint density at radius 2 is 2.57 bits per heavy atom. The van der Waals surface area contributed by atoms with Crippen LogP contribution in [0.1, 0.15) is 6.92 Å². The van der Waals surface area contributed by atoms with Crippen LogP contribution < -0.4 is 5.73 Å². The van der Waals surface area contributed by atoms with Crippen molar-refractivity contribution in [3.8, 4) is 0 Å². The molecule has 0 aliphatic heterocycles. The van der Waals surface area contributed by atoms with Gasteiger partial charge in [-0.1, -0.05) is 0 Å². The summed E-state index contributed by atoms with van der Waals surface area (Å²) in [5.41, 5.74) is 5.23.